The van der Waals surface area contributed by atoms with Crippen LogP contribution in [0.25, 0.3) is 0 Å². The van der Waals surface area contributed by atoms with E-state index in [-0.39, 0.29) is 16.1 Å². The van der Waals surface area contributed by atoms with Crippen molar-refractivity contribution < 1.29 is 4.79 Å². The van der Waals surface area contributed by atoms with Gasteiger partial charge in [0.05, 0.1) is 11.3 Å². The van der Waals surface area contributed by atoms with Crippen LogP contribution in [0.2, 0.25) is 5.02 Å². The van der Waals surface area contributed by atoms with E-state index in [4.69, 9.17) is 28.3 Å². The second-order valence-electron chi connectivity index (χ2n) is 4.33. The highest BCUT2D eigenvalue weighted by Gasteiger charge is 2.19. The van der Waals surface area contributed by atoms with Crippen molar-refractivity contribution in [2.75, 3.05) is 17.6 Å². The molecule has 0 saturated heterocycles. The minimum Gasteiger partial charge on any atom is -0.396 e. The minimum atomic E-state index is -0.640. The third kappa shape index (κ3) is 3.45. The number of amides is 1. The molecule has 1 aromatic heterocycles. The SMILES string of the molecule is N#Cc1sc(NCCc2ccc(Cl)cc2)c(C(N)=O)c1N. The maximum absolute atomic E-state index is 11.4. The number of nitrogens with zero attached hydrogens (tertiary/aromatic N) is 1. The van der Waals surface area contributed by atoms with Gasteiger partial charge in [0.15, 0.2) is 0 Å². The molecule has 0 bridgehead atoms. The molecule has 21 heavy (non-hydrogen) atoms. The second-order valence-corrected chi connectivity index (χ2v) is 5.79. The molecule has 0 fully saturated rings. The van der Waals surface area contributed by atoms with Gasteiger partial charge in [-0.1, -0.05) is 23.7 Å². The number of carbonyl (C=O) groups is 1. The first kappa shape index (κ1) is 15.2. The Morgan fingerprint density at radius 2 is 2.05 bits per heavy atom. The molecule has 0 aliphatic carbocycles. The van der Waals surface area contributed by atoms with Gasteiger partial charge in [0.25, 0.3) is 5.91 Å². The summed E-state index contributed by atoms with van der Waals surface area (Å²) < 4.78 is 0. The van der Waals surface area contributed by atoms with Gasteiger partial charge in [0.1, 0.15) is 15.9 Å². The van der Waals surface area contributed by atoms with E-state index < -0.39 is 5.91 Å². The van der Waals surface area contributed by atoms with Crippen LogP contribution >= 0.6 is 22.9 Å². The summed E-state index contributed by atoms with van der Waals surface area (Å²) in [6.45, 7) is 0.590. The Hall–Kier alpha value is -2.23. The van der Waals surface area contributed by atoms with Crippen LogP contribution < -0.4 is 16.8 Å². The number of primary amides is 1. The maximum Gasteiger partial charge on any atom is 0.253 e. The van der Waals surface area contributed by atoms with Crippen molar-refractivity contribution in [1.82, 2.24) is 0 Å². The zero-order valence-corrected chi connectivity index (χ0v) is 12.6. The van der Waals surface area contributed by atoms with Gasteiger partial charge in [-0.15, -0.1) is 11.3 Å². The zero-order chi connectivity index (χ0) is 15.4. The van der Waals surface area contributed by atoms with E-state index in [1.54, 1.807) is 0 Å². The molecule has 1 aromatic carbocycles. The molecule has 108 valence electrons. The molecule has 5 N–H and O–H groups in total. The Labute approximate surface area is 131 Å². The Balaban J connectivity index is 2.08. The molecule has 1 amide bonds. The molecule has 0 unspecified atom stereocenters. The summed E-state index contributed by atoms with van der Waals surface area (Å²) in [7, 11) is 0. The number of halogens is 1. The van der Waals surface area contributed by atoms with Gasteiger partial charge >= 0.3 is 0 Å². The van der Waals surface area contributed by atoms with Crippen molar-refractivity contribution >= 4 is 39.5 Å². The predicted molar refractivity (Wildman–Crippen MR) is 85.6 cm³/mol. The van der Waals surface area contributed by atoms with Gasteiger partial charge in [-0.05, 0) is 24.1 Å². The van der Waals surface area contributed by atoms with Crippen molar-refractivity contribution in [3.8, 4) is 6.07 Å². The molecule has 0 atom stereocenters. The van der Waals surface area contributed by atoms with Crippen molar-refractivity contribution in [2.24, 2.45) is 5.73 Å². The topological polar surface area (TPSA) is 105 Å². The monoisotopic (exact) mass is 320 g/mol. The quantitative estimate of drug-likeness (QED) is 0.787. The normalized spacial score (nSPS) is 10.1. The third-order valence-corrected chi connectivity index (χ3v) is 4.23. The number of carbonyl (C=O) groups excluding carboxylic acids is 1. The van der Waals surface area contributed by atoms with Crippen molar-refractivity contribution in [1.29, 1.82) is 5.26 Å². The number of hydrogen-bond donors (Lipinski definition) is 3. The molecule has 0 radical (unpaired) electrons. The van der Waals surface area contributed by atoms with E-state index in [1.165, 1.54) is 0 Å². The first-order valence-corrected chi connectivity index (χ1v) is 7.33. The molecule has 0 spiro atoms. The number of benzene rings is 1. The Bertz CT molecular complexity index is 703. The highest BCUT2D eigenvalue weighted by atomic mass is 35.5. The summed E-state index contributed by atoms with van der Waals surface area (Å²) in [6.07, 6.45) is 0.745. The van der Waals surface area contributed by atoms with Gasteiger partial charge in [0, 0.05) is 11.6 Å². The average molecular weight is 321 g/mol. The third-order valence-electron chi connectivity index (χ3n) is 2.91. The van der Waals surface area contributed by atoms with E-state index in [1.807, 2.05) is 30.3 Å². The molecular formula is C14H13ClN4OS. The number of thiophene rings is 1. The number of hydrogen-bond acceptors (Lipinski definition) is 5. The average Bonchev–Trinajstić information content (AvgIpc) is 2.77. The number of anilines is 2. The lowest BCUT2D eigenvalue weighted by atomic mass is 10.1. The fraction of sp³-hybridized carbons (Fsp3) is 0.143. The van der Waals surface area contributed by atoms with Crippen LogP contribution in [0, 0.1) is 11.3 Å². The van der Waals surface area contributed by atoms with Gasteiger partial charge in [-0.3, -0.25) is 4.79 Å². The largest absolute Gasteiger partial charge is 0.396 e. The van der Waals surface area contributed by atoms with Crippen LogP contribution in [0.15, 0.2) is 24.3 Å². The summed E-state index contributed by atoms with van der Waals surface area (Å²) in [4.78, 5) is 11.7. The van der Waals surface area contributed by atoms with Crippen LogP contribution in [0.4, 0.5) is 10.7 Å². The summed E-state index contributed by atoms with van der Waals surface area (Å²) >= 11 is 6.96. The van der Waals surface area contributed by atoms with Crippen LogP contribution in [0.3, 0.4) is 0 Å². The van der Waals surface area contributed by atoms with E-state index in [2.05, 4.69) is 5.32 Å². The number of nitrogens with two attached hydrogens (primary N) is 2. The van der Waals surface area contributed by atoms with Gasteiger partial charge in [-0.2, -0.15) is 5.26 Å². The number of nitrogens with one attached hydrogen (secondary N) is 1. The molecule has 5 nitrogen and oxygen atoms in total. The summed E-state index contributed by atoms with van der Waals surface area (Å²) in [6, 6.07) is 9.47. The first-order chi connectivity index (χ1) is 10.0. The number of nitriles is 1. The summed E-state index contributed by atoms with van der Waals surface area (Å²) in [5.41, 5.74) is 12.5. The highest BCUT2D eigenvalue weighted by Crippen LogP contribution is 2.34. The highest BCUT2D eigenvalue weighted by molar-refractivity contribution is 7.17. The van der Waals surface area contributed by atoms with Crippen LogP contribution in [0.1, 0.15) is 20.8 Å². The molecule has 1 heterocycles. The predicted octanol–water partition coefficient (Wildman–Crippen LogP) is 2.61. The molecule has 7 heteroatoms. The standard InChI is InChI=1S/C14H13ClN4OS/c15-9-3-1-8(2-4-9)5-6-19-14-11(13(18)20)12(17)10(7-16)21-14/h1-4,19H,5-6,17H2,(H2,18,20). The van der Waals surface area contributed by atoms with Gasteiger partial charge < -0.3 is 16.8 Å². The van der Waals surface area contributed by atoms with E-state index in [0.717, 1.165) is 23.3 Å². The molecule has 0 saturated carbocycles. The smallest absolute Gasteiger partial charge is 0.253 e. The molecular weight excluding hydrogens is 308 g/mol. The van der Waals surface area contributed by atoms with E-state index in [0.29, 0.717) is 16.6 Å². The number of nitrogen functional groups attached to an aromatic ring is 1. The Morgan fingerprint density at radius 3 is 2.62 bits per heavy atom. The van der Waals surface area contributed by atoms with E-state index in [9.17, 15) is 4.79 Å². The lowest BCUT2D eigenvalue weighted by molar-refractivity contribution is 0.100. The fourth-order valence-corrected chi connectivity index (χ4v) is 2.94. The number of rotatable bonds is 5. The zero-order valence-electron chi connectivity index (χ0n) is 11.0. The maximum atomic E-state index is 11.4. The lowest BCUT2D eigenvalue weighted by Crippen LogP contribution is -2.15. The fourth-order valence-electron chi connectivity index (χ4n) is 1.87. The van der Waals surface area contributed by atoms with E-state index >= 15 is 0 Å². The Kier molecular flexibility index (Phi) is 4.68. The molecule has 0 aliphatic rings. The van der Waals surface area contributed by atoms with Crippen LogP contribution in [-0.4, -0.2) is 12.5 Å². The van der Waals surface area contributed by atoms with Gasteiger partial charge in [-0.25, -0.2) is 0 Å². The lowest BCUT2D eigenvalue weighted by Gasteiger charge is -2.06. The molecule has 2 rings (SSSR count). The molecule has 0 aliphatic heterocycles. The summed E-state index contributed by atoms with van der Waals surface area (Å²) in [5, 5.41) is 13.3. The molecule has 2 aromatic rings. The summed E-state index contributed by atoms with van der Waals surface area (Å²) in [5.74, 6) is -0.640. The Morgan fingerprint density at radius 1 is 1.38 bits per heavy atom. The second kappa shape index (κ2) is 6.48. The van der Waals surface area contributed by atoms with Crippen molar-refractivity contribution in [2.45, 2.75) is 6.42 Å². The van der Waals surface area contributed by atoms with Gasteiger partial charge in [0.2, 0.25) is 0 Å². The van der Waals surface area contributed by atoms with Crippen molar-refractivity contribution in [3.63, 3.8) is 0 Å². The van der Waals surface area contributed by atoms with Crippen LogP contribution in [-0.2, 0) is 6.42 Å². The van der Waals surface area contributed by atoms with Crippen LogP contribution in [0.5, 0.6) is 0 Å². The van der Waals surface area contributed by atoms with Crippen molar-refractivity contribution in [3.05, 3.63) is 45.3 Å². The minimum absolute atomic E-state index is 0.143. The first-order valence-electron chi connectivity index (χ1n) is 6.13.